The van der Waals surface area contributed by atoms with E-state index in [4.69, 9.17) is 14.7 Å². The number of hydrogen-bond donors (Lipinski definition) is 0. The second-order valence-corrected chi connectivity index (χ2v) is 14.8. The van der Waals surface area contributed by atoms with Crippen molar-refractivity contribution in [2.24, 2.45) is 10.4 Å². The number of aliphatic imine (C=N–C) groups is 1. The maximum absolute atomic E-state index is 6.27. The maximum atomic E-state index is 6.27. The zero-order valence-electron chi connectivity index (χ0n) is 28.6. The first kappa shape index (κ1) is 29.5. The average Bonchev–Trinajstić information content (AvgIpc) is 3.74. The summed E-state index contributed by atoms with van der Waals surface area (Å²) in [5.74, 6) is 1.20. The number of rotatable bonds is 4. The molecule has 7 aromatic rings. The molecule has 236 valence electrons. The lowest BCUT2D eigenvalue weighted by Crippen LogP contribution is -2.25. The predicted molar refractivity (Wildman–Crippen MR) is 197 cm³/mol. The lowest BCUT2D eigenvalue weighted by molar-refractivity contribution is 0.236. The number of nitrogens with zero attached hydrogens (tertiary/aromatic N) is 4. The van der Waals surface area contributed by atoms with Gasteiger partial charge >= 0.3 is 0 Å². The minimum Gasteiger partial charge on any atom is -0.475 e. The summed E-state index contributed by atoms with van der Waals surface area (Å²) in [5.41, 5.74) is 12.8. The van der Waals surface area contributed by atoms with Crippen molar-refractivity contribution in [3.8, 4) is 11.4 Å². The minimum atomic E-state index is 0.0439. The van der Waals surface area contributed by atoms with E-state index in [1.807, 2.05) is 12.3 Å². The maximum Gasteiger partial charge on any atom is 0.216 e. The predicted octanol–water partition coefficient (Wildman–Crippen LogP) is 10.5. The number of fused-ring (bicyclic) bond motifs is 6. The molecule has 0 unspecified atom stereocenters. The van der Waals surface area contributed by atoms with Gasteiger partial charge in [-0.1, -0.05) is 64.4 Å². The summed E-state index contributed by atoms with van der Waals surface area (Å²) >= 11 is 0. The summed E-state index contributed by atoms with van der Waals surface area (Å²) in [6.07, 6.45) is 1.90. The molecular weight excluding hydrogens is 576 g/mol. The molecule has 5 nitrogen and oxygen atoms in total. The fourth-order valence-electron chi connectivity index (χ4n) is 7.28. The van der Waals surface area contributed by atoms with Gasteiger partial charge in [0.25, 0.3) is 0 Å². The van der Waals surface area contributed by atoms with Gasteiger partial charge in [-0.05, 0) is 103 Å². The molecule has 47 heavy (non-hydrogen) atoms. The highest BCUT2D eigenvalue weighted by Gasteiger charge is 2.31. The molecule has 3 aromatic heterocycles. The summed E-state index contributed by atoms with van der Waals surface area (Å²) in [4.78, 5) is 9.99. The van der Waals surface area contributed by atoms with E-state index >= 15 is 0 Å². The molecule has 0 saturated carbocycles. The standard InChI is InChI=1S/C42H42N4O/c1-24(2)28-12-16-35-34(20-28)31-10-9-17-43-40(31)45(35)29-13-14-30-33-18-25(3)11-15-36(33)46(38(30)21-29)37-22-32(26(4)19-27(37)5)41-44-39(23-47-41)42(6,7)8/h9-22,24,39H,23H2,1-8H3/t39-/m0/s1. The van der Waals surface area contributed by atoms with Crippen molar-refractivity contribution in [2.45, 2.75) is 67.3 Å². The highest BCUT2D eigenvalue weighted by molar-refractivity contribution is 6.12. The first-order valence-corrected chi connectivity index (χ1v) is 16.8. The zero-order valence-corrected chi connectivity index (χ0v) is 28.6. The molecule has 0 radical (unpaired) electrons. The summed E-state index contributed by atoms with van der Waals surface area (Å²) in [6, 6.07) is 29.5. The molecule has 1 atom stereocenters. The van der Waals surface area contributed by atoms with E-state index in [1.54, 1.807) is 0 Å². The van der Waals surface area contributed by atoms with Gasteiger partial charge in [-0.25, -0.2) is 9.98 Å². The van der Waals surface area contributed by atoms with Crippen LogP contribution in [0.15, 0.2) is 90.1 Å². The Labute approximate surface area is 276 Å². The topological polar surface area (TPSA) is 44.3 Å². The molecule has 5 heteroatoms. The van der Waals surface area contributed by atoms with Crippen LogP contribution in [0.1, 0.15) is 68.4 Å². The van der Waals surface area contributed by atoms with Crippen LogP contribution >= 0.6 is 0 Å². The third-order valence-electron chi connectivity index (χ3n) is 10.0. The van der Waals surface area contributed by atoms with E-state index in [0.29, 0.717) is 12.5 Å². The number of pyridine rings is 1. The smallest absolute Gasteiger partial charge is 0.216 e. The van der Waals surface area contributed by atoms with Crippen molar-refractivity contribution in [3.05, 3.63) is 113 Å². The number of hydrogen-bond acceptors (Lipinski definition) is 3. The van der Waals surface area contributed by atoms with E-state index < -0.39 is 0 Å². The van der Waals surface area contributed by atoms with Gasteiger partial charge < -0.3 is 9.30 Å². The fraction of sp³-hybridized carbons (Fsp3) is 0.286. The molecule has 4 aromatic carbocycles. The van der Waals surface area contributed by atoms with Crippen LogP contribution in [0.3, 0.4) is 0 Å². The van der Waals surface area contributed by atoms with Gasteiger partial charge in [-0.3, -0.25) is 4.57 Å². The van der Waals surface area contributed by atoms with E-state index in [9.17, 15) is 0 Å². The molecule has 4 heterocycles. The third kappa shape index (κ3) is 4.66. The Bertz CT molecular complexity index is 2410. The SMILES string of the molecule is Cc1ccc2c(c1)c1ccc(-n3c4ccc(C(C)C)cc4c4cccnc43)cc1n2-c1cc(C2=N[C@H](C(C)(C)C)CO2)c(C)cc1C. The van der Waals surface area contributed by atoms with Gasteiger partial charge in [0.05, 0.1) is 22.6 Å². The normalized spacial score (nSPS) is 15.4. The van der Waals surface area contributed by atoms with Crippen LogP contribution in [-0.2, 0) is 4.74 Å². The number of benzene rings is 4. The number of aryl methyl sites for hydroxylation is 3. The Morgan fingerprint density at radius 3 is 2.28 bits per heavy atom. The molecule has 0 N–H and O–H groups in total. The molecule has 0 bridgehead atoms. The molecular formula is C42H42N4O. The van der Waals surface area contributed by atoms with Crippen LogP contribution in [0.2, 0.25) is 0 Å². The summed E-state index contributed by atoms with van der Waals surface area (Å²) < 4.78 is 11.0. The number of aromatic nitrogens is 3. The lowest BCUT2D eigenvalue weighted by Gasteiger charge is -2.21. The van der Waals surface area contributed by atoms with Crippen LogP contribution in [-0.4, -0.2) is 32.7 Å². The highest BCUT2D eigenvalue weighted by atomic mass is 16.5. The van der Waals surface area contributed by atoms with Crippen LogP contribution in [0.25, 0.3) is 55.1 Å². The quantitative estimate of drug-likeness (QED) is 0.197. The molecule has 0 saturated heterocycles. The Morgan fingerprint density at radius 2 is 1.51 bits per heavy atom. The van der Waals surface area contributed by atoms with Gasteiger partial charge in [-0.15, -0.1) is 0 Å². The van der Waals surface area contributed by atoms with Crippen molar-refractivity contribution < 1.29 is 4.74 Å². The molecule has 1 aliphatic heterocycles. The van der Waals surface area contributed by atoms with Crippen LogP contribution in [0, 0.1) is 26.2 Å². The largest absolute Gasteiger partial charge is 0.475 e. The van der Waals surface area contributed by atoms with Crippen molar-refractivity contribution in [3.63, 3.8) is 0 Å². The Kier molecular flexibility index (Phi) is 6.63. The highest BCUT2D eigenvalue weighted by Crippen LogP contribution is 2.39. The van der Waals surface area contributed by atoms with Gasteiger partial charge in [-0.2, -0.15) is 0 Å². The first-order valence-electron chi connectivity index (χ1n) is 16.8. The van der Waals surface area contributed by atoms with E-state index in [2.05, 4.69) is 137 Å². The monoisotopic (exact) mass is 618 g/mol. The van der Waals surface area contributed by atoms with Crippen molar-refractivity contribution in [2.75, 3.05) is 6.61 Å². The second kappa shape index (κ2) is 10.6. The molecule has 0 spiro atoms. The third-order valence-corrected chi connectivity index (χ3v) is 10.0. The van der Waals surface area contributed by atoms with Crippen molar-refractivity contribution in [1.82, 2.24) is 14.1 Å². The van der Waals surface area contributed by atoms with Gasteiger partial charge in [0.2, 0.25) is 5.90 Å². The molecule has 0 amide bonds. The lowest BCUT2D eigenvalue weighted by atomic mass is 9.88. The van der Waals surface area contributed by atoms with Crippen molar-refractivity contribution in [1.29, 1.82) is 0 Å². The zero-order chi connectivity index (χ0) is 32.8. The minimum absolute atomic E-state index is 0.0439. The summed E-state index contributed by atoms with van der Waals surface area (Å²) in [5, 5.41) is 4.89. The molecule has 0 fully saturated rings. The van der Waals surface area contributed by atoms with Crippen LogP contribution < -0.4 is 0 Å². The second-order valence-electron chi connectivity index (χ2n) is 14.8. The van der Waals surface area contributed by atoms with Crippen LogP contribution in [0.4, 0.5) is 0 Å². The van der Waals surface area contributed by atoms with Gasteiger partial charge in [0.15, 0.2) is 0 Å². The van der Waals surface area contributed by atoms with Crippen molar-refractivity contribution >= 4 is 49.6 Å². The van der Waals surface area contributed by atoms with E-state index in [1.165, 1.54) is 54.8 Å². The Morgan fingerprint density at radius 1 is 0.745 bits per heavy atom. The van der Waals surface area contributed by atoms with E-state index in [0.717, 1.165) is 34.0 Å². The summed E-state index contributed by atoms with van der Waals surface area (Å²) in [6.45, 7) is 18.3. The van der Waals surface area contributed by atoms with E-state index in [-0.39, 0.29) is 11.5 Å². The average molecular weight is 619 g/mol. The van der Waals surface area contributed by atoms with Gasteiger partial charge in [0.1, 0.15) is 12.3 Å². The Hall–Kier alpha value is -4.90. The first-order chi connectivity index (χ1) is 22.5. The van der Waals surface area contributed by atoms with Crippen LogP contribution in [0.5, 0.6) is 0 Å². The molecule has 0 aliphatic carbocycles. The van der Waals surface area contributed by atoms with Gasteiger partial charge in [0, 0.05) is 44.7 Å². The Balaban J connectivity index is 1.40. The fourth-order valence-corrected chi connectivity index (χ4v) is 7.28. The number of ether oxygens (including phenoxy) is 1. The summed E-state index contributed by atoms with van der Waals surface area (Å²) in [7, 11) is 0. The molecule has 1 aliphatic rings. The molecule has 8 rings (SSSR count).